The van der Waals surface area contributed by atoms with E-state index < -0.39 is 0 Å². The Bertz CT molecular complexity index is 1110. The molecule has 2 heterocycles. The first kappa shape index (κ1) is 16.1. The highest BCUT2D eigenvalue weighted by atomic mass is 19.1. The lowest BCUT2D eigenvalue weighted by molar-refractivity contribution is 0.625. The lowest BCUT2D eigenvalue weighted by Crippen LogP contribution is -2.25. The van der Waals surface area contributed by atoms with Crippen molar-refractivity contribution in [3.63, 3.8) is 0 Å². The molecule has 26 heavy (non-hydrogen) atoms. The second-order valence-electron chi connectivity index (χ2n) is 6.11. The van der Waals surface area contributed by atoms with Crippen molar-refractivity contribution < 1.29 is 4.39 Å². The van der Waals surface area contributed by atoms with Crippen LogP contribution in [0.4, 0.5) is 4.39 Å². The van der Waals surface area contributed by atoms with Gasteiger partial charge in [-0.05, 0) is 41.5 Å². The number of benzene rings is 2. The third-order valence-corrected chi connectivity index (χ3v) is 4.31. The molecule has 0 aliphatic carbocycles. The number of aromatic nitrogens is 3. The monoisotopic (exact) mass is 345 g/mol. The molecule has 0 atom stereocenters. The molecule has 4 aromatic rings. The summed E-state index contributed by atoms with van der Waals surface area (Å²) in [5, 5.41) is 6.06. The van der Waals surface area contributed by atoms with Gasteiger partial charge in [0.2, 0.25) is 0 Å². The van der Waals surface area contributed by atoms with E-state index in [4.69, 9.17) is 0 Å². The van der Waals surface area contributed by atoms with Crippen LogP contribution in [0.2, 0.25) is 0 Å². The van der Waals surface area contributed by atoms with Crippen LogP contribution in [0.5, 0.6) is 0 Å². The lowest BCUT2D eigenvalue weighted by atomic mass is 10.0. The minimum Gasteiger partial charge on any atom is -0.267 e. The van der Waals surface area contributed by atoms with Gasteiger partial charge >= 0.3 is 0 Å². The number of halogens is 1. The summed E-state index contributed by atoms with van der Waals surface area (Å²) in [6, 6.07) is 17.5. The summed E-state index contributed by atoms with van der Waals surface area (Å²) in [6.07, 6.45) is 3.92. The Kier molecular flexibility index (Phi) is 4.27. The molecule has 0 aliphatic heterocycles. The van der Waals surface area contributed by atoms with E-state index in [0.717, 1.165) is 22.2 Å². The van der Waals surface area contributed by atoms with E-state index in [0.29, 0.717) is 18.4 Å². The molecule has 0 saturated carbocycles. The van der Waals surface area contributed by atoms with E-state index in [9.17, 15) is 9.18 Å². The molecule has 4 rings (SSSR count). The van der Waals surface area contributed by atoms with Crippen LogP contribution in [0.1, 0.15) is 16.8 Å². The Hall–Kier alpha value is -3.34. The van der Waals surface area contributed by atoms with Crippen molar-refractivity contribution >= 4 is 10.8 Å². The molecule has 0 fully saturated rings. The molecule has 128 valence electrons. The molecule has 0 amide bonds. The van der Waals surface area contributed by atoms with Crippen molar-refractivity contribution in [1.29, 1.82) is 0 Å². The summed E-state index contributed by atoms with van der Waals surface area (Å²) < 4.78 is 14.7. The summed E-state index contributed by atoms with van der Waals surface area (Å²) >= 11 is 0. The fourth-order valence-corrected chi connectivity index (χ4v) is 3.00. The van der Waals surface area contributed by atoms with E-state index in [2.05, 4.69) is 10.1 Å². The smallest absolute Gasteiger partial charge is 0.267 e. The third-order valence-electron chi connectivity index (χ3n) is 4.31. The van der Waals surface area contributed by atoms with Gasteiger partial charge < -0.3 is 0 Å². The molecule has 2 aromatic heterocycles. The predicted molar refractivity (Wildman–Crippen MR) is 98.5 cm³/mol. The van der Waals surface area contributed by atoms with Crippen molar-refractivity contribution in [3.05, 3.63) is 106 Å². The highest BCUT2D eigenvalue weighted by Gasteiger charge is 2.11. The van der Waals surface area contributed by atoms with E-state index in [1.165, 1.54) is 16.8 Å². The Balaban J connectivity index is 1.81. The van der Waals surface area contributed by atoms with Crippen LogP contribution in [0.3, 0.4) is 0 Å². The number of hydrogen-bond donors (Lipinski definition) is 0. The van der Waals surface area contributed by atoms with Gasteiger partial charge in [-0.15, -0.1) is 0 Å². The Morgan fingerprint density at radius 3 is 2.27 bits per heavy atom. The zero-order valence-electron chi connectivity index (χ0n) is 14.0. The van der Waals surface area contributed by atoms with Gasteiger partial charge in [0.25, 0.3) is 5.56 Å². The van der Waals surface area contributed by atoms with E-state index in [1.54, 1.807) is 24.5 Å². The quantitative estimate of drug-likeness (QED) is 0.568. The number of rotatable bonds is 4. The molecule has 4 nitrogen and oxygen atoms in total. The molecule has 0 unspecified atom stereocenters. The highest BCUT2D eigenvalue weighted by molar-refractivity contribution is 5.83. The minimum absolute atomic E-state index is 0.125. The first-order chi connectivity index (χ1) is 12.7. The van der Waals surface area contributed by atoms with Gasteiger partial charge in [-0.3, -0.25) is 9.78 Å². The van der Waals surface area contributed by atoms with Gasteiger partial charge in [0, 0.05) is 24.2 Å². The molecule has 0 saturated heterocycles. The van der Waals surface area contributed by atoms with Gasteiger partial charge in [-0.1, -0.05) is 30.3 Å². The maximum atomic E-state index is 13.2. The average Bonchev–Trinajstić information content (AvgIpc) is 2.68. The SMILES string of the molecule is O=c1c2ccccc2c(Cc2ccc(F)cc2)nn1Cc1ccncc1. The molecule has 0 bridgehead atoms. The van der Waals surface area contributed by atoms with Crippen molar-refractivity contribution in [2.75, 3.05) is 0 Å². The Morgan fingerprint density at radius 1 is 0.846 bits per heavy atom. The third kappa shape index (κ3) is 3.24. The molecule has 5 heteroatoms. The van der Waals surface area contributed by atoms with Crippen LogP contribution in [0.25, 0.3) is 10.8 Å². The molecular weight excluding hydrogens is 329 g/mol. The van der Waals surface area contributed by atoms with Crippen LogP contribution in [-0.4, -0.2) is 14.8 Å². The summed E-state index contributed by atoms with van der Waals surface area (Å²) in [6.45, 7) is 0.378. The predicted octanol–water partition coefficient (Wildman–Crippen LogP) is 3.57. The van der Waals surface area contributed by atoms with Crippen molar-refractivity contribution in [2.24, 2.45) is 0 Å². The molecule has 2 aromatic carbocycles. The van der Waals surface area contributed by atoms with E-state index >= 15 is 0 Å². The van der Waals surface area contributed by atoms with Crippen LogP contribution in [-0.2, 0) is 13.0 Å². The van der Waals surface area contributed by atoms with E-state index in [1.807, 2.05) is 36.4 Å². The summed E-state index contributed by atoms with van der Waals surface area (Å²) in [5.74, 6) is -0.269. The zero-order valence-corrected chi connectivity index (χ0v) is 14.0. The Morgan fingerprint density at radius 2 is 1.54 bits per heavy atom. The zero-order chi connectivity index (χ0) is 17.9. The van der Waals surface area contributed by atoms with Crippen molar-refractivity contribution in [2.45, 2.75) is 13.0 Å². The van der Waals surface area contributed by atoms with Crippen LogP contribution in [0.15, 0.2) is 77.9 Å². The van der Waals surface area contributed by atoms with Crippen LogP contribution < -0.4 is 5.56 Å². The molecular formula is C21H16FN3O. The summed E-state index contributed by atoms with van der Waals surface area (Å²) in [7, 11) is 0. The molecule has 0 radical (unpaired) electrons. The molecule has 0 N–H and O–H groups in total. The number of fused-ring (bicyclic) bond motifs is 1. The highest BCUT2D eigenvalue weighted by Crippen LogP contribution is 2.17. The van der Waals surface area contributed by atoms with Gasteiger partial charge in [-0.25, -0.2) is 9.07 Å². The number of pyridine rings is 1. The first-order valence-electron chi connectivity index (χ1n) is 8.33. The van der Waals surface area contributed by atoms with Crippen molar-refractivity contribution in [1.82, 2.24) is 14.8 Å². The van der Waals surface area contributed by atoms with Gasteiger partial charge in [-0.2, -0.15) is 5.10 Å². The maximum absolute atomic E-state index is 13.2. The molecule has 0 spiro atoms. The Labute approximate surface area is 149 Å². The van der Waals surface area contributed by atoms with Gasteiger partial charge in [0.1, 0.15) is 5.82 Å². The largest absolute Gasteiger partial charge is 0.274 e. The van der Waals surface area contributed by atoms with E-state index in [-0.39, 0.29) is 11.4 Å². The topological polar surface area (TPSA) is 47.8 Å². The second kappa shape index (κ2) is 6.88. The number of nitrogens with zero attached hydrogens (tertiary/aromatic N) is 3. The maximum Gasteiger partial charge on any atom is 0.274 e. The van der Waals surface area contributed by atoms with Crippen LogP contribution in [0, 0.1) is 5.82 Å². The van der Waals surface area contributed by atoms with Crippen LogP contribution >= 0.6 is 0 Å². The summed E-state index contributed by atoms with van der Waals surface area (Å²) in [4.78, 5) is 16.8. The standard InChI is InChI=1S/C21H16FN3O/c22-17-7-5-15(6-8-17)13-20-18-3-1-2-4-19(18)21(26)25(24-20)14-16-9-11-23-12-10-16/h1-12H,13-14H2. The lowest BCUT2D eigenvalue weighted by Gasteiger charge is -2.11. The van der Waals surface area contributed by atoms with Gasteiger partial charge in [0.15, 0.2) is 0 Å². The van der Waals surface area contributed by atoms with Gasteiger partial charge in [0.05, 0.1) is 17.6 Å². The fourth-order valence-electron chi connectivity index (χ4n) is 3.00. The minimum atomic E-state index is -0.269. The molecule has 0 aliphatic rings. The summed E-state index contributed by atoms with van der Waals surface area (Å²) in [5.41, 5.74) is 2.57. The fraction of sp³-hybridized carbons (Fsp3) is 0.0952. The first-order valence-corrected chi connectivity index (χ1v) is 8.33. The second-order valence-corrected chi connectivity index (χ2v) is 6.11. The number of hydrogen-bond acceptors (Lipinski definition) is 3. The van der Waals surface area contributed by atoms with Crippen molar-refractivity contribution in [3.8, 4) is 0 Å². The average molecular weight is 345 g/mol. The normalized spacial score (nSPS) is 11.0.